The maximum Gasteiger partial charge on any atom is 0.0548 e. The summed E-state index contributed by atoms with van der Waals surface area (Å²) in [5.74, 6) is 0.975. The summed E-state index contributed by atoms with van der Waals surface area (Å²) in [5.41, 5.74) is 11.2. The van der Waals surface area contributed by atoms with Crippen molar-refractivity contribution in [3.05, 3.63) is 132 Å². The summed E-state index contributed by atoms with van der Waals surface area (Å²) in [6.45, 7) is 0. The van der Waals surface area contributed by atoms with Crippen molar-refractivity contribution in [3.8, 4) is 5.69 Å². The van der Waals surface area contributed by atoms with E-state index in [-0.39, 0.29) is 0 Å². The molecule has 194 valence electrons. The number of fused-ring (bicyclic) bond motifs is 9. The van der Waals surface area contributed by atoms with Crippen LogP contribution >= 0.6 is 0 Å². The molecule has 0 saturated carbocycles. The van der Waals surface area contributed by atoms with Crippen LogP contribution in [0.1, 0.15) is 43.0 Å². The minimum atomic E-state index is 0.408. The highest BCUT2D eigenvalue weighted by Gasteiger charge is 2.40. The molecule has 0 bridgehead atoms. The third-order valence-electron chi connectivity index (χ3n) is 9.84. The summed E-state index contributed by atoms with van der Waals surface area (Å²) < 4.78 is 5.27. The number of aromatic nitrogens is 2. The average molecular weight is 517 g/mol. The average Bonchev–Trinajstić information content (AvgIpc) is 3.53. The van der Waals surface area contributed by atoms with Gasteiger partial charge in [-0.3, -0.25) is 0 Å². The second-order valence-corrected chi connectivity index (χ2v) is 11.9. The van der Waals surface area contributed by atoms with Crippen LogP contribution in [-0.2, 0) is 6.42 Å². The van der Waals surface area contributed by atoms with E-state index in [0.29, 0.717) is 17.9 Å². The fourth-order valence-electron chi connectivity index (χ4n) is 8.26. The molecule has 0 saturated heterocycles. The first-order chi connectivity index (χ1) is 19.9. The molecule has 4 aliphatic rings. The summed E-state index contributed by atoms with van der Waals surface area (Å²) in [4.78, 5) is 0. The van der Waals surface area contributed by atoms with Crippen LogP contribution in [0.4, 0.5) is 0 Å². The lowest BCUT2D eigenvalue weighted by atomic mass is 9.69. The Hall–Kier alpha value is -4.30. The van der Waals surface area contributed by atoms with Gasteiger partial charge in [0.15, 0.2) is 0 Å². The lowest BCUT2D eigenvalue weighted by Gasteiger charge is -2.42. The van der Waals surface area contributed by atoms with Crippen molar-refractivity contribution >= 4 is 38.8 Å². The Morgan fingerprint density at radius 1 is 0.725 bits per heavy atom. The highest BCUT2D eigenvalue weighted by molar-refractivity contribution is 6.23. The number of rotatable bonds is 2. The van der Waals surface area contributed by atoms with Crippen LogP contribution < -0.4 is 0 Å². The van der Waals surface area contributed by atoms with Gasteiger partial charge in [0.25, 0.3) is 0 Å². The fourth-order valence-corrected chi connectivity index (χ4v) is 8.26. The third-order valence-corrected chi connectivity index (χ3v) is 9.84. The van der Waals surface area contributed by atoms with Gasteiger partial charge in [-0.1, -0.05) is 85.0 Å². The molecule has 0 spiro atoms. The molecular weight excluding hydrogens is 484 g/mol. The van der Waals surface area contributed by atoms with Crippen molar-refractivity contribution in [2.75, 3.05) is 0 Å². The number of nitrogens with zero attached hydrogens (tertiary/aromatic N) is 2. The maximum atomic E-state index is 2.81. The van der Waals surface area contributed by atoms with Gasteiger partial charge in [-0.25, -0.2) is 0 Å². The van der Waals surface area contributed by atoms with Gasteiger partial charge in [0.2, 0.25) is 0 Å². The molecule has 0 radical (unpaired) electrons. The van der Waals surface area contributed by atoms with Gasteiger partial charge in [-0.05, 0) is 73.6 Å². The van der Waals surface area contributed by atoms with Crippen molar-refractivity contribution in [1.29, 1.82) is 0 Å². The molecule has 3 unspecified atom stereocenters. The Bertz CT molecular complexity index is 1990. The van der Waals surface area contributed by atoms with E-state index in [9.17, 15) is 0 Å². The van der Waals surface area contributed by atoms with E-state index in [0.717, 1.165) is 12.8 Å². The molecule has 2 heterocycles. The van der Waals surface area contributed by atoms with E-state index in [1.165, 1.54) is 74.5 Å². The lowest BCUT2D eigenvalue weighted by Crippen LogP contribution is -2.34. The quantitative estimate of drug-likeness (QED) is 0.221. The highest BCUT2D eigenvalue weighted by Crippen LogP contribution is 2.51. The van der Waals surface area contributed by atoms with Gasteiger partial charge in [-0.15, -0.1) is 0 Å². The first kappa shape index (κ1) is 22.5. The molecule has 2 nitrogen and oxygen atoms in total. The van der Waals surface area contributed by atoms with Crippen molar-refractivity contribution in [2.24, 2.45) is 11.8 Å². The molecule has 0 N–H and O–H groups in total. The first-order valence-corrected chi connectivity index (χ1v) is 15.0. The molecule has 5 aromatic rings. The van der Waals surface area contributed by atoms with E-state index in [2.05, 4.69) is 124 Å². The zero-order chi connectivity index (χ0) is 26.2. The van der Waals surface area contributed by atoms with Crippen molar-refractivity contribution < 1.29 is 0 Å². The Morgan fingerprint density at radius 2 is 1.60 bits per heavy atom. The normalized spacial score (nSPS) is 23.2. The smallest absolute Gasteiger partial charge is 0.0548 e. The van der Waals surface area contributed by atoms with Crippen LogP contribution in [0.15, 0.2) is 120 Å². The van der Waals surface area contributed by atoms with Gasteiger partial charge in [0.1, 0.15) is 0 Å². The van der Waals surface area contributed by atoms with E-state index in [4.69, 9.17) is 0 Å². The summed E-state index contributed by atoms with van der Waals surface area (Å²) in [6, 6.07) is 25.1. The number of hydrogen-bond acceptors (Lipinski definition) is 0. The molecule has 0 aliphatic heterocycles. The topological polar surface area (TPSA) is 9.86 Å². The van der Waals surface area contributed by atoms with Gasteiger partial charge in [-0.2, -0.15) is 0 Å². The van der Waals surface area contributed by atoms with E-state index in [1.807, 2.05) is 0 Å². The summed E-state index contributed by atoms with van der Waals surface area (Å²) in [6.07, 6.45) is 25.2. The van der Waals surface area contributed by atoms with Crippen LogP contribution in [0.3, 0.4) is 0 Å². The van der Waals surface area contributed by atoms with Crippen LogP contribution in [0, 0.1) is 11.8 Å². The van der Waals surface area contributed by atoms with Crippen molar-refractivity contribution in [3.63, 3.8) is 0 Å². The monoisotopic (exact) mass is 516 g/mol. The molecule has 3 atom stereocenters. The van der Waals surface area contributed by atoms with E-state index < -0.39 is 0 Å². The minimum absolute atomic E-state index is 0.408. The van der Waals surface area contributed by atoms with Crippen LogP contribution in [0.5, 0.6) is 0 Å². The van der Waals surface area contributed by atoms with Crippen LogP contribution in [0.25, 0.3) is 44.5 Å². The fraction of sp³-hybridized carbons (Fsp3) is 0.211. The Morgan fingerprint density at radius 3 is 2.55 bits per heavy atom. The van der Waals surface area contributed by atoms with E-state index >= 15 is 0 Å². The third kappa shape index (κ3) is 3.05. The maximum absolute atomic E-state index is 2.81. The van der Waals surface area contributed by atoms with Gasteiger partial charge >= 0.3 is 0 Å². The molecule has 0 fully saturated rings. The summed E-state index contributed by atoms with van der Waals surface area (Å²) in [7, 11) is 0. The lowest BCUT2D eigenvalue weighted by molar-refractivity contribution is 0.287. The predicted octanol–water partition coefficient (Wildman–Crippen LogP) is 9.65. The second-order valence-electron chi connectivity index (χ2n) is 11.9. The van der Waals surface area contributed by atoms with Gasteiger partial charge in [0.05, 0.1) is 17.1 Å². The van der Waals surface area contributed by atoms with Crippen LogP contribution in [-0.4, -0.2) is 9.13 Å². The molecule has 4 aliphatic carbocycles. The Balaban J connectivity index is 1.40. The summed E-state index contributed by atoms with van der Waals surface area (Å²) >= 11 is 0. The SMILES string of the molecule is C1=CC2=CC3=CCCCC3C(n3c4c(c5c6c7ccccc7n(-c7ccccc7)c6ccc53)C=CCC4)C2C=C1. The number of benzene rings is 3. The Kier molecular flexibility index (Phi) is 4.84. The first-order valence-electron chi connectivity index (χ1n) is 15.0. The summed E-state index contributed by atoms with van der Waals surface area (Å²) in [5, 5.41) is 4.17. The molecule has 2 heteroatoms. The standard InChI is InChI=1S/C38H32N2/c1-2-14-27(15-3-1)39-32-20-10-8-18-30(32)36-34(39)22-23-35-37(36)31-19-9-11-21-33(31)40(35)38-28-16-6-4-12-25(28)24-26-13-5-7-17-29(26)38/h1-4,6,8-10,12-16,18-20,22-24,28-29,38H,5,7,11,17,21H2. The number of para-hydroxylation sites is 2. The minimum Gasteiger partial charge on any atom is -0.339 e. The number of hydrogen-bond donors (Lipinski definition) is 0. The highest BCUT2D eigenvalue weighted by atomic mass is 15.1. The predicted molar refractivity (Wildman–Crippen MR) is 168 cm³/mol. The molecule has 2 aromatic heterocycles. The molecule has 0 amide bonds. The second kappa shape index (κ2) is 8.60. The van der Waals surface area contributed by atoms with E-state index in [1.54, 1.807) is 5.57 Å². The van der Waals surface area contributed by atoms with Crippen molar-refractivity contribution in [2.45, 2.75) is 38.1 Å². The zero-order valence-corrected chi connectivity index (χ0v) is 22.6. The molecular formula is C38H32N2. The van der Waals surface area contributed by atoms with Crippen molar-refractivity contribution in [1.82, 2.24) is 9.13 Å². The van der Waals surface area contributed by atoms with Gasteiger partial charge in [0, 0.05) is 50.5 Å². The molecule has 3 aromatic carbocycles. The van der Waals surface area contributed by atoms with Gasteiger partial charge < -0.3 is 9.13 Å². The number of allylic oxidation sites excluding steroid dienone is 9. The molecule has 9 rings (SSSR count). The van der Waals surface area contributed by atoms with Crippen LogP contribution in [0.2, 0.25) is 0 Å². The Labute approximate surface area is 234 Å². The largest absolute Gasteiger partial charge is 0.339 e. The zero-order valence-electron chi connectivity index (χ0n) is 22.6. The molecule has 40 heavy (non-hydrogen) atoms.